The molecule has 11 heteroatoms. The van der Waals surface area contributed by atoms with Crippen LogP contribution in [0.25, 0.3) is 0 Å². The highest BCUT2D eigenvalue weighted by atomic mass is 32.2. The molecule has 194 valence electrons. The topological polar surface area (TPSA) is 129 Å². The fourth-order valence-corrected chi connectivity index (χ4v) is 5.04. The Balaban J connectivity index is 1.59. The summed E-state index contributed by atoms with van der Waals surface area (Å²) < 4.78 is 23.0. The second-order valence-corrected chi connectivity index (χ2v) is 10.3. The number of thioether (sulfide) groups is 1. The standard InChI is InChI=1S/C25H31N3O7S/c1-15-8-9-20-23(30)26-10-6-4-5-7-16-11-17(35-25(2,3)34-16)12-21-27-18(13-32-21)22(29)28-19(14-36-20)24(31)33-15/h4-7,9,13,15-17,19H,8,10-12,14H2,1-3H3,(H,26,30)(H,28,29)/b6-4+,7-5+,20-9-/t15-,16-,17-,19-/m1/s1. The third-order valence-corrected chi connectivity index (χ3v) is 6.86. The van der Waals surface area contributed by atoms with Crippen molar-refractivity contribution in [3.63, 3.8) is 0 Å². The molecule has 36 heavy (non-hydrogen) atoms. The number of ether oxygens (including phenoxy) is 3. The molecular weight excluding hydrogens is 486 g/mol. The lowest BCUT2D eigenvalue weighted by Gasteiger charge is -2.39. The van der Waals surface area contributed by atoms with Crippen LogP contribution in [0.4, 0.5) is 0 Å². The Morgan fingerprint density at radius 1 is 1.14 bits per heavy atom. The van der Waals surface area contributed by atoms with Crippen LogP contribution in [-0.4, -0.2) is 65.2 Å². The van der Waals surface area contributed by atoms with Gasteiger partial charge in [0, 0.05) is 25.1 Å². The predicted molar refractivity (Wildman–Crippen MR) is 132 cm³/mol. The molecule has 4 atom stereocenters. The van der Waals surface area contributed by atoms with Crippen molar-refractivity contribution < 1.29 is 33.0 Å². The molecule has 2 N–H and O–H groups in total. The number of nitrogens with one attached hydrogen (secondary N) is 2. The maximum absolute atomic E-state index is 12.9. The highest BCUT2D eigenvalue weighted by Crippen LogP contribution is 2.29. The molecule has 0 aliphatic carbocycles. The van der Waals surface area contributed by atoms with Gasteiger partial charge in [-0.1, -0.05) is 30.4 Å². The molecule has 1 aromatic heterocycles. The van der Waals surface area contributed by atoms with E-state index in [-0.39, 0.29) is 29.6 Å². The molecule has 0 spiro atoms. The second kappa shape index (κ2) is 11.4. The van der Waals surface area contributed by atoms with Gasteiger partial charge in [-0.05, 0) is 20.8 Å². The van der Waals surface area contributed by atoms with Gasteiger partial charge in [-0.2, -0.15) is 0 Å². The largest absolute Gasteiger partial charge is 0.461 e. The molecule has 3 aliphatic heterocycles. The summed E-state index contributed by atoms with van der Waals surface area (Å²) in [5.74, 6) is -1.72. The normalized spacial score (nSPS) is 32.9. The molecule has 10 nitrogen and oxygen atoms in total. The van der Waals surface area contributed by atoms with Crippen molar-refractivity contribution in [2.24, 2.45) is 0 Å². The molecule has 1 aromatic rings. The fraction of sp³-hybridized carbons (Fsp3) is 0.520. The lowest BCUT2D eigenvalue weighted by Crippen LogP contribution is -2.45. The predicted octanol–water partition coefficient (Wildman–Crippen LogP) is 2.42. The van der Waals surface area contributed by atoms with Crippen LogP contribution in [0, 0.1) is 0 Å². The monoisotopic (exact) mass is 517 g/mol. The molecule has 6 bridgehead atoms. The van der Waals surface area contributed by atoms with Gasteiger partial charge in [0.15, 0.2) is 17.4 Å². The molecule has 0 radical (unpaired) electrons. The van der Waals surface area contributed by atoms with E-state index in [0.717, 1.165) is 0 Å². The Labute approximate surface area is 213 Å². The van der Waals surface area contributed by atoms with Crippen molar-refractivity contribution in [1.82, 2.24) is 15.6 Å². The Morgan fingerprint density at radius 2 is 1.97 bits per heavy atom. The minimum Gasteiger partial charge on any atom is -0.461 e. The number of rotatable bonds is 0. The van der Waals surface area contributed by atoms with Gasteiger partial charge < -0.3 is 29.3 Å². The summed E-state index contributed by atoms with van der Waals surface area (Å²) in [7, 11) is 0. The number of oxazole rings is 1. The zero-order chi connectivity index (χ0) is 25.7. The maximum Gasteiger partial charge on any atom is 0.329 e. The van der Waals surface area contributed by atoms with Gasteiger partial charge in [-0.15, -0.1) is 11.8 Å². The van der Waals surface area contributed by atoms with Crippen molar-refractivity contribution in [2.45, 2.75) is 70.2 Å². The molecule has 1 saturated heterocycles. The zero-order valence-electron chi connectivity index (χ0n) is 20.5. The summed E-state index contributed by atoms with van der Waals surface area (Å²) in [6, 6.07) is -0.963. The molecule has 0 unspecified atom stereocenters. The van der Waals surface area contributed by atoms with Crippen molar-refractivity contribution in [2.75, 3.05) is 12.3 Å². The Kier molecular flexibility index (Phi) is 8.32. The molecule has 4 heterocycles. The molecule has 1 fully saturated rings. The average molecular weight is 518 g/mol. The number of amides is 2. The van der Waals surface area contributed by atoms with Crippen LogP contribution in [0.15, 0.2) is 46.0 Å². The first-order chi connectivity index (χ1) is 17.2. The van der Waals surface area contributed by atoms with Crippen LogP contribution in [0.1, 0.15) is 50.0 Å². The van der Waals surface area contributed by atoms with Crippen molar-refractivity contribution >= 4 is 29.5 Å². The van der Waals surface area contributed by atoms with Crippen molar-refractivity contribution in [3.05, 3.63) is 53.1 Å². The third kappa shape index (κ3) is 7.08. The van der Waals surface area contributed by atoms with E-state index in [1.54, 1.807) is 13.0 Å². The van der Waals surface area contributed by atoms with Gasteiger partial charge in [0.2, 0.25) is 0 Å². The number of hydrogen-bond donors (Lipinski definition) is 2. The van der Waals surface area contributed by atoms with E-state index in [0.29, 0.717) is 36.6 Å². The Hall–Kier alpha value is -2.89. The minimum atomic E-state index is -0.963. The van der Waals surface area contributed by atoms with E-state index in [2.05, 4.69) is 15.6 Å². The molecule has 3 aliphatic rings. The number of allylic oxidation sites excluding steroid dienone is 2. The quantitative estimate of drug-likeness (QED) is 0.499. The number of hydrogen-bond acceptors (Lipinski definition) is 9. The first-order valence-corrected chi connectivity index (χ1v) is 12.9. The van der Waals surface area contributed by atoms with Crippen LogP contribution in [0.3, 0.4) is 0 Å². The summed E-state index contributed by atoms with van der Waals surface area (Å²) in [6.07, 6.45) is 11.0. The number of carbonyl (C=O) groups is 3. The summed E-state index contributed by atoms with van der Waals surface area (Å²) in [4.78, 5) is 43.1. The number of fused-ring (bicyclic) bond motifs is 7. The first-order valence-electron chi connectivity index (χ1n) is 11.9. The van der Waals surface area contributed by atoms with E-state index in [4.69, 9.17) is 18.6 Å². The van der Waals surface area contributed by atoms with Crippen LogP contribution in [0.2, 0.25) is 0 Å². The van der Waals surface area contributed by atoms with Crippen LogP contribution < -0.4 is 10.6 Å². The van der Waals surface area contributed by atoms with E-state index < -0.39 is 29.8 Å². The van der Waals surface area contributed by atoms with Gasteiger partial charge in [0.25, 0.3) is 11.8 Å². The average Bonchev–Trinajstić information content (AvgIpc) is 3.28. The number of carbonyl (C=O) groups excluding carboxylic acids is 3. The number of aromatic nitrogens is 1. The Bertz CT molecular complexity index is 1080. The van der Waals surface area contributed by atoms with Gasteiger partial charge in [-0.3, -0.25) is 9.59 Å². The van der Waals surface area contributed by atoms with Gasteiger partial charge in [0.05, 0.1) is 23.5 Å². The summed E-state index contributed by atoms with van der Waals surface area (Å²) in [5, 5.41) is 5.53. The Morgan fingerprint density at radius 3 is 2.81 bits per heavy atom. The smallest absolute Gasteiger partial charge is 0.329 e. The summed E-state index contributed by atoms with van der Waals surface area (Å²) in [6.45, 7) is 5.76. The zero-order valence-corrected chi connectivity index (χ0v) is 21.3. The van der Waals surface area contributed by atoms with Crippen LogP contribution in [0.5, 0.6) is 0 Å². The number of esters is 1. The molecule has 0 aromatic carbocycles. The van der Waals surface area contributed by atoms with E-state index in [9.17, 15) is 14.4 Å². The van der Waals surface area contributed by atoms with E-state index in [1.807, 2.05) is 38.2 Å². The lowest BCUT2D eigenvalue weighted by molar-refractivity contribution is -0.290. The van der Waals surface area contributed by atoms with Crippen LogP contribution in [-0.2, 0) is 30.2 Å². The molecular formula is C25H31N3O7S. The second-order valence-electron chi connectivity index (χ2n) is 9.27. The SMILES string of the molecule is C[C@@H]1C/C=C2\SC[C@@H](NC(=O)c3coc(n3)C[C@H]3C[C@@H](/C=C/C=C/CNC2=O)OC(C)(C)O3)C(=O)O1. The first kappa shape index (κ1) is 26.2. The van der Waals surface area contributed by atoms with E-state index >= 15 is 0 Å². The van der Waals surface area contributed by atoms with E-state index in [1.165, 1.54) is 18.0 Å². The molecule has 4 rings (SSSR count). The van der Waals surface area contributed by atoms with Crippen molar-refractivity contribution in [3.8, 4) is 0 Å². The van der Waals surface area contributed by atoms with Gasteiger partial charge in [0.1, 0.15) is 18.4 Å². The summed E-state index contributed by atoms with van der Waals surface area (Å²) >= 11 is 1.19. The van der Waals surface area contributed by atoms with Crippen LogP contribution >= 0.6 is 11.8 Å². The third-order valence-electron chi connectivity index (χ3n) is 5.69. The highest BCUT2D eigenvalue weighted by molar-refractivity contribution is 8.04. The highest BCUT2D eigenvalue weighted by Gasteiger charge is 2.35. The van der Waals surface area contributed by atoms with Gasteiger partial charge >= 0.3 is 5.97 Å². The number of nitrogens with zero attached hydrogens (tertiary/aromatic N) is 1. The fourth-order valence-electron chi connectivity index (χ4n) is 4.06. The van der Waals surface area contributed by atoms with Crippen molar-refractivity contribution in [1.29, 1.82) is 0 Å². The number of cyclic esters (lactones) is 1. The summed E-state index contributed by atoms with van der Waals surface area (Å²) in [5.41, 5.74) is 0.0477. The minimum absolute atomic E-state index is 0.0477. The lowest BCUT2D eigenvalue weighted by atomic mass is 10.0. The maximum atomic E-state index is 12.9. The molecule has 2 amide bonds. The van der Waals surface area contributed by atoms with Gasteiger partial charge in [-0.25, -0.2) is 9.78 Å². The molecule has 0 saturated carbocycles.